The smallest absolute Gasteiger partial charge is 0.250 e. The van der Waals surface area contributed by atoms with E-state index in [1.807, 2.05) is 25.1 Å². The second-order valence-corrected chi connectivity index (χ2v) is 8.58. The highest BCUT2D eigenvalue weighted by Crippen LogP contribution is 2.27. The van der Waals surface area contributed by atoms with Crippen LogP contribution in [0.1, 0.15) is 12.5 Å². The maximum absolute atomic E-state index is 12.1. The number of guanidine groups is 1. The molecule has 1 aromatic heterocycles. The Hall–Kier alpha value is -2.30. The third-order valence-electron chi connectivity index (χ3n) is 3.68. The van der Waals surface area contributed by atoms with Crippen molar-refractivity contribution < 1.29 is 17.9 Å². The van der Waals surface area contributed by atoms with Crippen LogP contribution in [0.15, 0.2) is 44.9 Å². The third kappa shape index (κ3) is 6.39. The molecule has 0 aliphatic carbocycles. The van der Waals surface area contributed by atoms with Crippen molar-refractivity contribution >= 4 is 27.3 Å². The van der Waals surface area contributed by atoms with E-state index in [4.69, 9.17) is 9.47 Å². The van der Waals surface area contributed by atoms with Gasteiger partial charge >= 0.3 is 0 Å². The number of thiophene rings is 1. The lowest BCUT2D eigenvalue weighted by molar-refractivity contribution is 0.354. The molecule has 1 aromatic carbocycles. The van der Waals surface area contributed by atoms with Gasteiger partial charge in [0, 0.05) is 19.6 Å². The standard InChI is InChI=1S/C18H26N4O4S2/c1-4-19-18(20-9-10-22-28(23,24)17-6-5-11-27-17)21-13-14-7-8-15(25-2)16(12-14)26-3/h5-8,11-12,22H,4,9-10,13H2,1-3H3,(H2,19,20,21). The van der Waals surface area contributed by atoms with Crippen LogP contribution in [0.3, 0.4) is 0 Å². The summed E-state index contributed by atoms with van der Waals surface area (Å²) in [7, 11) is -0.270. The first-order valence-corrected chi connectivity index (χ1v) is 11.1. The van der Waals surface area contributed by atoms with E-state index in [0.29, 0.717) is 41.3 Å². The molecule has 28 heavy (non-hydrogen) atoms. The van der Waals surface area contributed by atoms with Crippen LogP contribution in [0.25, 0.3) is 0 Å². The molecule has 0 atom stereocenters. The summed E-state index contributed by atoms with van der Waals surface area (Å²) >= 11 is 1.19. The van der Waals surface area contributed by atoms with Gasteiger partial charge in [0.25, 0.3) is 0 Å². The van der Waals surface area contributed by atoms with Crippen LogP contribution >= 0.6 is 11.3 Å². The SMILES string of the molecule is CCNC(=NCc1ccc(OC)c(OC)c1)NCCNS(=O)(=O)c1cccs1. The number of benzene rings is 1. The minimum atomic E-state index is -3.45. The maximum Gasteiger partial charge on any atom is 0.250 e. The lowest BCUT2D eigenvalue weighted by atomic mass is 10.2. The number of hydrogen-bond acceptors (Lipinski definition) is 6. The minimum absolute atomic E-state index is 0.251. The van der Waals surface area contributed by atoms with Gasteiger partial charge in [-0.2, -0.15) is 0 Å². The maximum atomic E-state index is 12.1. The lowest BCUT2D eigenvalue weighted by Crippen LogP contribution is -2.41. The van der Waals surface area contributed by atoms with Crippen molar-refractivity contribution in [2.75, 3.05) is 33.9 Å². The molecule has 0 aliphatic rings. The predicted octanol–water partition coefficient (Wildman–Crippen LogP) is 1.80. The molecule has 0 amide bonds. The van der Waals surface area contributed by atoms with E-state index in [2.05, 4.69) is 20.3 Å². The molecule has 3 N–H and O–H groups in total. The van der Waals surface area contributed by atoms with Crippen molar-refractivity contribution in [3.63, 3.8) is 0 Å². The van der Waals surface area contributed by atoms with E-state index in [9.17, 15) is 8.42 Å². The summed E-state index contributed by atoms with van der Waals surface area (Å²) in [6.45, 7) is 3.76. The first-order chi connectivity index (χ1) is 13.5. The topological polar surface area (TPSA) is 101 Å². The monoisotopic (exact) mass is 426 g/mol. The zero-order valence-electron chi connectivity index (χ0n) is 16.2. The van der Waals surface area contributed by atoms with Gasteiger partial charge in [0.2, 0.25) is 10.0 Å². The number of sulfonamides is 1. The van der Waals surface area contributed by atoms with Gasteiger partial charge in [0.05, 0.1) is 20.8 Å². The molecule has 0 aliphatic heterocycles. The molecule has 0 bridgehead atoms. The summed E-state index contributed by atoms with van der Waals surface area (Å²) in [5.74, 6) is 1.92. The summed E-state index contributed by atoms with van der Waals surface area (Å²) < 4.78 is 37.6. The fourth-order valence-corrected chi connectivity index (χ4v) is 4.41. The Kier molecular flexibility index (Phi) is 8.55. The average Bonchev–Trinajstić information content (AvgIpc) is 3.25. The van der Waals surface area contributed by atoms with Crippen LogP contribution < -0.4 is 24.8 Å². The van der Waals surface area contributed by atoms with Gasteiger partial charge in [-0.1, -0.05) is 12.1 Å². The van der Waals surface area contributed by atoms with Gasteiger partial charge in [-0.15, -0.1) is 11.3 Å². The van der Waals surface area contributed by atoms with Crippen LogP contribution in [0, 0.1) is 0 Å². The molecule has 0 spiro atoms. The number of hydrogen-bond donors (Lipinski definition) is 3. The molecule has 0 saturated carbocycles. The van der Waals surface area contributed by atoms with Crippen LogP contribution in [-0.2, 0) is 16.6 Å². The van der Waals surface area contributed by atoms with E-state index in [1.165, 1.54) is 11.3 Å². The summed E-state index contributed by atoms with van der Waals surface area (Å²) in [4.78, 5) is 4.52. The van der Waals surface area contributed by atoms with E-state index in [1.54, 1.807) is 31.7 Å². The molecule has 10 heteroatoms. The first kappa shape index (κ1) is 22.0. The molecule has 154 valence electrons. The molecular formula is C18H26N4O4S2. The first-order valence-electron chi connectivity index (χ1n) is 8.76. The summed E-state index contributed by atoms with van der Waals surface area (Å²) in [5, 5.41) is 7.99. The predicted molar refractivity (Wildman–Crippen MR) is 112 cm³/mol. The van der Waals surface area contributed by atoms with Crippen molar-refractivity contribution in [3.8, 4) is 11.5 Å². The molecule has 0 radical (unpaired) electrons. The molecular weight excluding hydrogens is 400 g/mol. The lowest BCUT2D eigenvalue weighted by Gasteiger charge is -2.12. The van der Waals surface area contributed by atoms with Crippen molar-refractivity contribution in [2.24, 2.45) is 4.99 Å². The van der Waals surface area contributed by atoms with Gasteiger partial charge in [-0.25, -0.2) is 18.1 Å². The summed E-state index contributed by atoms with van der Waals surface area (Å²) in [5.41, 5.74) is 0.966. The summed E-state index contributed by atoms with van der Waals surface area (Å²) in [6, 6.07) is 8.92. The van der Waals surface area contributed by atoms with Crippen molar-refractivity contribution in [2.45, 2.75) is 17.7 Å². The van der Waals surface area contributed by atoms with Crippen LogP contribution in [0.5, 0.6) is 11.5 Å². The fourth-order valence-electron chi connectivity index (χ4n) is 2.34. The zero-order chi connectivity index (χ0) is 20.4. The Bertz CT molecular complexity index is 868. The molecule has 0 unspecified atom stereocenters. The van der Waals surface area contributed by atoms with Crippen molar-refractivity contribution in [1.82, 2.24) is 15.4 Å². The highest BCUT2D eigenvalue weighted by molar-refractivity contribution is 7.91. The highest BCUT2D eigenvalue weighted by Gasteiger charge is 2.13. The minimum Gasteiger partial charge on any atom is -0.493 e. The number of methoxy groups -OCH3 is 2. The Balaban J connectivity index is 1.90. The largest absolute Gasteiger partial charge is 0.493 e. The number of rotatable bonds is 10. The number of aliphatic imine (C=N–C) groups is 1. The highest BCUT2D eigenvalue weighted by atomic mass is 32.2. The van der Waals surface area contributed by atoms with E-state index in [0.717, 1.165) is 5.56 Å². The van der Waals surface area contributed by atoms with E-state index in [-0.39, 0.29) is 6.54 Å². The van der Waals surface area contributed by atoms with Crippen LogP contribution in [-0.4, -0.2) is 48.2 Å². The Morgan fingerprint density at radius 3 is 2.54 bits per heavy atom. The van der Waals surface area contributed by atoms with E-state index >= 15 is 0 Å². The number of nitrogens with zero attached hydrogens (tertiary/aromatic N) is 1. The second-order valence-electron chi connectivity index (χ2n) is 5.64. The van der Waals surface area contributed by atoms with Gasteiger partial charge in [-0.05, 0) is 36.1 Å². The Morgan fingerprint density at radius 1 is 1.11 bits per heavy atom. The second kappa shape index (κ2) is 10.9. The molecule has 2 rings (SSSR count). The quantitative estimate of drug-likeness (QED) is 0.304. The van der Waals surface area contributed by atoms with Gasteiger partial charge in [0.1, 0.15) is 4.21 Å². The van der Waals surface area contributed by atoms with E-state index < -0.39 is 10.0 Å². The van der Waals surface area contributed by atoms with Gasteiger partial charge in [0.15, 0.2) is 17.5 Å². The van der Waals surface area contributed by atoms with Gasteiger partial charge < -0.3 is 20.1 Å². The van der Waals surface area contributed by atoms with Crippen LogP contribution in [0.4, 0.5) is 0 Å². The molecule has 2 aromatic rings. The van der Waals surface area contributed by atoms with Crippen molar-refractivity contribution in [1.29, 1.82) is 0 Å². The number of nitrogens with one attached hydrogen (secondary N) is 3. The average molecular weight is 427 g/mol. The summed E-state index contributed by atoms with van der Waals surface area (Å²) in [6.07, 6.45) is 0. The van der Waals surface area contributed by atoms with Crippen molar-refractivity contribution in [3.05, 3.63) is 41.3 Å². The zero-order valence-corrected chi connectivity index (χ0v) is 17.8. The third-order valence-corrected chi connectivity index (χ3v) is 6.54. The molecule has 8 nitrogen and oxygen atoms in total. The van der Waals surface area contributed by atoms with Crippen LogP contribution in [0.2, 0.25) is 0 Å². The molecule has 0 saturated heterocycles. The van der Waals surface area contributed by atoms with Gasteiger partial charge in [-0.3, -0.25) is 0 Å². The molecule has 0 fully saturated rings. The Labute approximate surface area is 170 Å². The fraction of sp³-hybridized carbons (Fsp3) is 0.389. The number of ether oxygens (including phenoxy) is 2. The normalized spacial score (nSPS) is 11.9. The molecule has 1 heterocycles. The Morgan fingerprint density at radius 2 is 1.89 bits per heavy atom.